The van der Waals surface area contributed by atoms with Crippen LogP contribution in [0.25, 0.3) is 0 Å². The third kappa shape index (κ3) is 2.58. The number of carboxylic acids is 1. The van der Waals surface area contributed by atoms with Crippen LogP contribution >= 0.6 is 0 Å². The smallest absolute Gasteiger partial charge is 0.328 e. The first-order chi connectivity index (χ1) is 9.02. The number of benzene rings is 1. The molecule has 0 saturated carbocycles. The van der Waals surface area contributed by atoms with Crippen LogP contribution in [-0.4, -0.2) is 47.7 Å². The number of halogens is 1. The van der Waals surface area contributed by atoms with Gasteiger partial charge in [0.25, 0.3) is 5.91 Å². The summed E-state index contributed by atoms with van der Waals surface area (Å²) in [5.74, 6) is -2.08. The molecule has 0 unspecified atom stereocenters. The summed E-state index contributed by atoms with van der Waals surface area (Å²) in [4.78, 5) is 24.6. The summed E-state index contributed by atoms with van der Waals surface area (Å²) in [5, 5.41) is 9.08. The Bertz CT molecular complexity index is 517. The van der Waals surface area contributed by atoms with Crippen LogP contribution in [-0.2, 0) is 9.53 Å². The second-order valence-electron chi connectivity index (χ2n) is 4.34. The largest absolute Gasteiger partial charge is 0.480 e. The van der Waals surface area contributed by atoms with Crippen LogP contribution in [0.15, 0.2) is 18.2 Å². The van der Waals surface area contributed by atoms with E-state index in [1.165, 1.54) is 30.0 Å². The van der Waals surface area contributed by atoms with Gasteiger partial charge in [0, 0.05) is 12.1 Å². The number of ether oxygens (including phenoxy) is 1. The predicted octanol–water partition coefficient (Wildman–Crippen LogP) is 1.06. The zero-order valence-electron chi connectivity index (χ0n) is 10.4. The first-order valence-electron chi connectivity index (χ1n) is 5.89. The molecule has 2 rings (SSSR count). The number of carbonyl (C=O) groups excluding carboxylic acids is 1. The zero-order valence-corrected chi connectivity index (χ0v) is 10.4. The Morgan fingerprint density at radius 1 is 1.47 bits per heavy atom. The van der Waals surface area contributed by atoms with Crippen LogP contribution in [0.5, 0.6) is 0 Å². The van der Waals surface area contributed by atoms with Gasteiger partial charge in [0.2, 0.25) is 0 Å². The standard InChI is InChI=1S/C13H14FNO4/c1-8-9(3-2-4-10(8)14)12(16)15-5-6-19-7-11(15)13(17)18/h2-4,11H,5-7H2,1H3,(H,17,18)/t11-/m1/s1. The van der Waals surface area contributed by atoms with Crippen molar-refractivity contribution >= 4 is 11.9 Å². The highest BCUT2D eigenvalue weighted by molar-refractivity contribution is 5.98. The third-order valence-electron chi connectivity index (χ3n) is 3.17. The van der Waals surface area contributed by atoms with E-state index < -0.39 is 23.7 Å². The fourth-order valence-corrected chi connectivity index (χ4v) is 2.05. The molecule has 6 heteroatoms. The molecule has 1 atom stereocenters. The lowest BCUT2D eigenvalue weighted by atomic mass is 10.1. The molecular weight excluding hydrogens is 253 g/mol. The molecule has 1 heterocycles. The number of nitrogens with zero attached hydrogens (tertiary/aromatic N) is 1. The summed E-state index contributed by atoms with van der Waals surface area (Å²) in [6, 6.07) is 3.17. The number of hydrogen-bond acceptors (Lipinski definition) is 3. The van der Waals surface area contributed by atoms with E-state index in [4.69, 9.17) is 9.84 Å². The second kappa shape index (κ2) is 5.36. The van der Waals surface area contributed by atoms with E-state index in [1.807, 2.05) is 0 Å². The van der Waals surface area contributed by atoms with Crippen LogP contribution in [0, 0.1) is 12.7 Å². The molecule has 1 aromatic carbocycles. The molecule has 1 fully saturated rings. The monoisotopic (exact) mass is 267 g/mol. The van der Waals surface area contributed by atoms with Crippen LogP contribution in [0.1, 0.15) is 15.9 Å². The summed E-state index contributed by atoms with van der Waals surface area (Å²) in [6.07, 6.45) is 0. The van der Waals surface area contributed by atoms with E-state index in [2.05, 4.69) is 0 Å². The lowest BCUT2D eigenvalue weighted by Gasteiger charge is -2.33. The molecule has 0 radical (unpaired) electrons. The minimum absolute atomic E-state index is 0.0462. The second-order valence-corrected chi connectivity index (χ2v) is 4.34. The molecule has 0 bridgehead atoms. The SMILES string of the molecule is Cc1c(F)cccc1C(=O)N1CCOC[C@@H]1C(=O)O. The highest BCUT2D eigenvalue weighted by atomic mass is 19.1. The number of carboxylic acid groups (broad SMARTS) is 1. The average molecular weight is 267 g/mol. The van der Waals surface area contributed by atoms with Crippen molar-refractivity contribution in [3.63, 3.8) is 0 Å². The van der Waals surface area contributed by atoms with E-state index in [9.17, 15) is 14.0 Å². The van der Waals surface area contributed by atoms with Gasteiger partial charge in [0.1, 0.15) is 5.82 Å². The number of aliphatic carboxylic acids is 1. The minimum Gasteiger partial charge on any atom is -0.480 e. The van der Waals surface area contributed by atoms with Crippen molar-refractivity contribution in [3.05, 3.63) is 35.1 Å². The first kappa shape index (κ1) is 13.5. The molecule has 1 aliphatic heterocycles. The van der Waals surface area contributed by atoms with Gasteiger partial charge in [-0.05, 0) is 24.6 Å². The van der Waals surface area contributed by atoms with Crippen molar-refractivity contribution in [3.8, 4) is 0 Å². The topological polar surface area (TPSA) is 66.8 Å². The summed E-state index contributed by atoms with van der Waals surface area (Å²) in [7, 11) is 0. The molecule has 5 nitrogen and oxygen atoms in total. The fraction of sp³-hybridized carbons (Fsp3) is 0.385. The van der Waals surface area contributed by atoms with Crippen molar-refractivity contribution < 1.29 is 23.8 Å². The maximum absolute atomic E-state index is 13.5. The van der Waals surface area contributed by atoms with E-state index in [1.54, 1.807) is 0 Å². The van der Waals surface area contributed by atoms with Crippen LogP contribution < -0.4 is 0 Å². The van der Waals surface area contributed by atoms with Gasteiger partial charge in [-0.2, -0.15) is 0 Å². The normalized spacial score (nSPS) is 19.3. The van der Waals surface area contributed by atoms with E-state index in [-0.39, 0.29) is 30.9 Å². The number of carbonyl (C=O) groups is 2. The maximum atomic E-state index is 13.5. The number of rotatable bonds is 2. The first-order valence-corrected chi connectivity index (χ1v) is 5.89. The summed E-state index contributed by atoms with van der Waals surface area (Å²) in [5.41, 5.74) is 0.413. The van der Waals surface area contributed by atoms with Gasteiger partial charge in [-0.1, -0.05) is 6.07 Å². The Hall–Kier alpha value is -1.95. The van der Waals surface area contributed by atoms with Gasteiger partial charge in [-0.15, -0.1) is 0 Å². The molecule has 1 N–H and O–H groups in total. The van der Waals surface area contributed by atoms with Gasteiger partial charge in [0.15, 0.2) is 6.04 Å². The average Bonchev–Trinajstić information content (AvgIpc) is 2.41. The summed E-state index contributed by atoms with van der Waals surface area (Å²) < 4.78 is 18.5. The minimum atomic E-state index is -1.12. The van der Waals surface area contributed by atoms with E-state index in [0.717, 1.165) is 0 Å². The Kier molecular flexibility index (Phi) is 3.80. The van der Waals surface area contributed by atoms with Gasteiger partial charge < -0.3 is 14.7 Å². The van der Waals surface area contributed by atoms with Crippen LogP contribution in [0.2, 0.25) is 0 Å². The molecular formula is C13H14FNO4. The van der Waals surface area contributed by atoms with Crippen molar-refractivity contribution in [2.45, 2.75) is 13.0 Å². The molecule has 1 aromatic rings. The van der Waals surface area contributed by atoms with Crippen LogP contribution in [0.3, 0.4) is 0 Å². The highest BCUT2D eigenvalue weighted by Crippen LogP contribution is 2.17. The summed E-state index contributed by atoms with van der Waals surface area (Å²) in [6.45, 7) is 1.92. The van der Waals surface area contributed by atoms with Crippen LogP contribution in [0.4, 0.5) is 4.39 Å². The number of morpholine rings is 1. The van der Waals surface area contributed by atoms with E-state index in [0.29, 0.717) is 0 Å². The van der Waals surface area contributed by atoms with Gasteiger partial charge in [0.05, 0.1) is 13.2 Å². The number of amides is 1. The molecule has 0 spiro atoms. The molecule has 19 heavy (non-hydrogen) atoms. The van der Waals surface area contributed by atoms with E-state index >= 15 is 0 Å². The molecule has 0 aromatic heterocycles. The lowest BCUT2D eigenvalue weighted by Crippen LogP contribution is -2.52. The number of hydrogen-bond donors (Lipinski definition) is 1. The van der Waals surface area contributed by atoms with Gasteiger partial charge in [-0.25, -0.2) is 9.18 Å². The molecule has 1 amide bonds. The molecule has 0 aliphatic carbocycles. The fourth-order valence-electron chi connectivity index (χ4n) is 2.05. The lowest BCUT2D eigenvalue weighted by molar-refractivity contribution is -0.147. The Balaban J connectivity index is 2.31. The Labute approximate surface area is 109 Å². The maximum Gasteiger partial charge on any atom is 0.328 e. The van der Waals surface area contributed by atoms with Crippen molar-refractivity contribution in [2.75, 3.05) is 19.8 Å². The Morgan fingerprint density at radius 3 is 2.89 bits per heavy atom. The highest BCUT2D eigenvalue weighted by Gasteiger charge is 2.33. The molecule has 1 aliphatic rings. The van der Waals surface area contributed by atoms with Crippen molar-refractivity contribution in [1.29, 1.82) is 0 Å². The van der Waals surface area contributed by atoms with Gasteiger partial charge >= 0.3 is 5.97 Å². The Morgan fingerprint density at radius 2 is 2.21 bits per heavy atom. The quantitative estimate of drug-likeness (QED) is 0.870. The third-order valence-corrected chi connectivity index (χ3v) is 3.17. The molecule has 1 saturated heterocycles. The zero-order chi connectivity index (χ0) is 14.0. The summed E-state index contributed by atoms with van der Waals surface area (Å²) >= 11 is 0. The predicted molar refractivity (Wildman–Crippen MR) is 64.4 cm³/mol. The van der Waals surface area contributed by atoms with Crippen molar-refractivity contribution in [2.24, 2.45) is 0 Å². The molecule has 102 valence electrons. The van der Waals surface area contributed by atoms with Crippen molar-refractivity contribution in [1.82, 2.24) is 4.90 Å². The van der Waals surface area contributed by atoms with Gasteiger partial charge in [-0.3, -0.25) is 4.79 Å².